The fraction of sp³-hybridized carbons (Fsp3) is 0.222. The molecule has 2 rings (SSSR count). The molecule has 2 aromatic rings. The van der Waals surface area contributed by atoms with Gasteiger partial charge in [0, 0.05) is 6.54 Å². The van der Waals surface area contributed by atoms with Crippen LogP contribution in [0.3, 0.4) is 0 Å². The number of hydrogen-bond donors (Lipinski definition) is 1. The molecule has 0 fully saturated rings. The minimum absolute atomic E-state index is 0.0963. The van der Waals surface area contributed by atoms with E-state index in [4.69, 9.17) is 5.11 Å². The summed E-state index contributed by atoms with van der Waals surface area (Å²) in [4.78, 5) is 3.88. The molecule has 74 valence electrons. The number of fused-ring (bicyclic) bond motifs is 1. The number of aromatic nitrogens is 2. The number of imidazole rings is 1. The lowest BCUT2D eigenvalue weighted by Gasteiger charge is -2.01. The molecule has 0 bridgehead atoms. The normalized spacial score (nSPS) is 11.1. The molecule has 0 unspecified atom stereocenters. The Morgan fingerprint density at radius 2 is 2.14 bits per heavy atom. The molecule has 0 aliphatic heterocycles. The summed E-state index contributed by atoms with van der Waals surface area (Å²) in [5, 5.41) is 8.69. The summed E-state index contributed by atoms with van der Waals surface area (Å²) < 4.78 is 27.5. The molecule has 1 N–H and O–H groups in total. The van der Waals surface area contributed by atoms with Crippen molar-refractivity contribution in [2.24, 2.45) is 0 Å². The molecule has 14 heavy (non-hydrogen) atoms. The van der Waals surface area contributed by atoms with Crippen molar-refractivity contribution in [1.29, 1.82) is 0 Å². The van der Waals surface area contributed by atoms with E-state index in [2.05, 4.69) is 4.98 Å². The number of halogens is 2. The van der Waals surface area contributed by atoms with Crippen LogP contribution < -0.4 is 0 Å². The third-order valence-corrected chi connectivity index (χ3v) is 2.01. The van der Waals surface area contributed by atoms with Gasteiger partial charge in [-0.15, -0.1) is 0 Å². The van der Waals surface area contributed by atoms with Crippen molar-refractivity contribution < 1.29 is 13.9 Å². The van der Waals surface area contributed by atoms with E-state index in [-0.39, 0.29) is 18.7 Å². The molecular weight excluding hydrogens is 190 g/mol. The Hall–Kier alpha value is -1.49. The topological polar surface area (TPSA) is 38.0 Å². The van der Waals surface area contributed by atoms with Crippen molar-refractivity contribution in [3.05, 3.63) is 30.1 Å². The van der Waals surface area contributed by atoms with E-state index < -0.39 is 11.6 Å². The summed E-state index contributed by atoms with van der Waals surface area (Å²) in [6, 6.07) is 2.44. The number of aliphatic hydroxyl groups is 1. The van der Waals surface area contributed by atoms with Crippen LogP contribution in [0.4, 0.5) is 8.78 Å². The molecule has 1 heterocycles. The highest BCUT2D eigenvalue weighted by Crippen LogP contribution is 2.19. The minimum Gasteiger partial charge on any atom is -0.395 e. The van der Waals surface area contributed by atoms with Crippen molar-refractivity contribution in [2.75, 3.05) is 6.61 Å². The van der Waals surface area contributed by atoms with Crippen LogP contribution in [-0.4, -0.2) is 21.3 Å². The second-order valence-electron chi connectivity index (χ2n) is 2.89. The Labute approximate surface area is 78.6 Å². The van der Waals surface area contributed by atoms with Gasteiger partial charge in [-0.1, -0.05) is 0 Å². The number of benzene rings is 1. The zero-order chi connectivity index (χ0) is 10.1. The standard InChI is InChI=1S/C9H8F2N2O/c10-6-1-2-7-9(8(6)11)13(3-4-14)5-12-7/h1-2,5,14H,3-4H2. The predicted octanol–water partition coefficient (Wildman–Crippen LogP) is 1.31. The van der Waals surface area contributed by atoms with Crippen LogP contribution in [0.15, 0.2) is 18.5 Å². The molecule has 0 saturated heterocycles. The van der Waals surface area contributed by atoms with Crippen molar-refractivity contribution in [3.8, 4) is 0 Å². The molecule has 0 aliphatic carbocycles. The van der Waals surface area contributed by atoms with Gasteiger partial charge in [0.2, 0.25) is 0 Å². The molecule has 0 saturated carbocycles. The van der Waals surface area contributed by atoms with Crippen molar-refractivity contribution >= 4 is 11.0 Å². The summed E-state index contributed by atoms with van der Waals surface area (Å²) in [6.45, 7) is 0.0677. The summed E-state index contributed by atoms with van der Waals surface area (Å²) in [6.07, 6.45) is 1.38. The molecule has 0 atom stereocenters. The smallest absolute Gasteiger partial charge is 0.184 e. The van der Waals surface area contributed by atoms with Crippen LogP contribution in [0.1, 0.15) is 0 Å². The SMILES string of the molecule is OCCn1cnc2ccc(F)c(F)c21. The minimum atomic E-state index is -0.923. The second kappa shape index (κ2) is 3.34. The van der Waals surface area contributed by atoms with Crippen LogP contribution in [0.2, 0.25) is 0 Å². The lowest BCUT2D eigenvalue weighted by atomic mass is 10.3. The highest BCUT2D eigenvalue weighted by atomic mass is 19.2. The highest BCUT2D eigenvalue weighted by Gasteiger charge is 2.11. The fourth-order valence-electron chi connectivity index (χ4n) is 1.37. The van der Waals surface area contributed by atoms with Gasteiger partial charge in [0.05, 0.1) is 18.5 Å². The van der Waals surface area contributed by atoms with Crippen LogP contribution >= 0.6 is 0 Å². The lowest BCUT2D eigenvalue weighted by molar-refractivity contribution is 0.277. The Bertz CT molecular complexity index is 467. The van der Waals surface area contributed by atoms with Gasteiger partial charge in [-0.3, -0.25) is 0 Å². The number of nitrogens with zero attached hydrogens (tertiary/aromatic N) is 2. The maximum absolute atomic E-state index is 13.3. The molecule has 0 radical (unpaired) electrons. The zero-order valence-corrected chi connectivity index (χ0v) is 7.24. The Morgan fingerprint density at radius 3 is 2.86 bits per heavy atom. The van der Waals surface area contributed by atoms with Crippen LogP contribution in [0.5, 0.6) is 0 Å². The summed E-state index contributed by atoms with van der Waals surface area (Å²) in [5.74, 6) is -1.83. The number of aliphatic hydroxyl groups excluding tert-OH is 1. The first-order valence-corrected chi connectivity index (χ1v) is 4.13. The van der Waals surface area contributed by atoms with E-state index in [0.717, 1.165) is 6.07 Å². The van der Waals surface area contributed by atoms with E-state index in [0.29, 0.717) is 5.52 Å². The highest BCUT2D eigenvalue weighted by molar-refractivity contribution is 5.75. The molecule has 1 aromatic heterocycles. The van der Waals surface area contributed by atoms with E-state index in [1.807, 2.05) is 0 Å². The van der Waals surface area contributed by atoms with Gasteiger partial charge in [-0.05, 0) is 12.1 Å². The van der Waals surface area contributed by atoms with Crippen LogP contribution in [0.25, 0.3) is 11.0 Å². The Balaban J connectivity index is 2.69. The molecule has 0 spiro atoms. The van der Waals surface area contributed by atoms with E-state index in [1.54, 1.807) is 0 Å². The molecule has 1 aromatic carbocycles. The van der Waals surface area contributed by atoms with Gasteiger partial charge >= 0.3 is 0 Å². The monoisotopic (exact) mass is 198 g/mol. The van der Waals surface area contributed by atoms with Crippen LogP contribution in [-0.2, 0) is 6.54 Å². The van der Waals surface area contributed by atoms with E-state index in [1.165, 1.54) is 17.0 Å². The van der Waals surface area contributed by atoms with Gasteiger partial charge in [-0.2, -0.15) is 0 Å². The van der Waals surface area contributed by atoms with Crippen molar-refractivity contribution in [2.45, 2.75) is 6.54 Å². The average Bonchev–Trinajstić information content (AvgIpc) is 2.57. The first-order chi connectivity index (χ1) is 6.74. The van der Waals surface area contributed by atoms with Gasteiger partial charge in [-0.25, -0.2) is 13.8 Å². The van der Waals surface area contributed by atoms with Gasteiger partial charge in [0.1, 0.15) is 5.52 Å². The molecule has 0 aliphatic rings. The Morgan fingerprint density at radius 1 is 1.36 bits per heavy atom. The quantitative estimate of drug-likeness (QED) is 0.789. The van der Waals surface area contributed by atoms with Gasteiger partial charge in [0.15, 0.2) is 11.6 Å². The first kappa shape index (κ1) is 9.08. The van der Waals surface area contributed by atoms with Gasteiger partial charge in [0.25, 0.3) is 0 Å². The maximum atomic E-state index is 13.3. The fourth-order valence-corrected chi connectivity index (χ4v) is 1.37. The molecule has 5 heteroatoms. The Kier molecular flexibility index (Phi) is 2.17. The lowest BCUT2D eigenvalue weighted by Crippen LogP contribution is -2.02. The van der Waals surface area contributed by atoms with E-state index in [9.17, 15) is 8.78 Å². The largest absolute Gasteiger partial charge is 0.395 e. The molecular formula is C9H8F2N2O. The average molecular weight is 198 g/mol. The second-order valence-corrected chi connectivity index (χ2v) is 2.89. The predicted molar refractivity (Wildman–Crippen MR) is 46.7 cm³/mol. The number of hydrogen-bond acceptors (Lipinski definition) is 2. The van der Waals surface area contributed by atoms with E-state index >= 15 is 0 Å². The zero-order valence-electron chi connectivity index (χ0n) is 7.24. The maximum Gasteiger partial charge on any atom is 0.184 e. The third kappa shape index (κ3) is 1.26. The van der Waals surface area contributed by atoms with Gasteiger partial charge < -0.3 is 9.67 Å². The third-order valence-electron chi connectivity index (χ3n) is 2.01. The number of rotatable bonds is 2. The summed E-state index contributed by atoms with van der Waals surface area (Å²) >= 11 is 0. The molecule has 3 nitrogen and oxygen atoms in total. The molecule has 0 amide bonds. The summed E-state index contributed by atoms with van der Waals surface area (Å²) in [5.41, 5.74) is 0.483. The first-order valence-electron chi connectivity index (χ1n) is 4.13. The van der Waals surface area contributed by atoms with Crippen LogP contribution in [0, 0.1) is 11.6 Å². The van der Waals surface area contributed by atoms with Crippen molar-refractivity contribution in [1.82, 2.24) is 9.55 Å². The van der Waals surface area contributed by atoms with Crippen molar-refractivity contribution in [3.63, 3.8) is 0 Å². The summed E-state index contributed by atoms with van der Waals surface area (Å²) in [7, 11) is 0.